The van der Waals surface area contributed by atoms with Crippen molar-refractivity contribution >= 4 is 28.7 Å². The molecule has 3 rings (SSSR count). The minimum absolute atomic E-state index is 0.505. The fraction of sp³-hybridized carbons (Fsp3) is 0.133. The van der Waals surface area contributed by atoms with Gasteiger partial charge < -0.3 is 4.74 Å². The Morgan fingerprint density at radius 2 is 1.90 bits per heavy atom. The van der Waals surface area contributed by atoms with E-state index in [0.29, 0.717) is 23.1 Å². The zero-order valence-corrected chi connectivity index (χ0v) is 11.7. The molecule has 0 atom stereocenters. The highest BCUT2D eigenvalue weighted by Crippen LogP contribution is 2.33. The van der Waals surface area contributed by atoms with Crippen molar-refractivity contribution in [2.24, 2.45) is 0 Å². The molecule has 0 radical (unpaired) electrons. The van der Waals surface area contributed by atoms with Crippen LogP contribution < -0.4 is 4.74 Å². The predicted octanol–water partition coefficient (Wildman–Crippen LogP) is 3.57. The first-order valence-electron chi connectivity index (χ1n) is 6.26. The lowest BCUT2D eigenvalue weighted by atomic mass is 10.2. The highest BCUT2D eigenvalue weighted by atomic mass is 32.1. The quantitative estimate of drug-likeness (QED) is 0.687. The molecule has 1 aromatic carbocycles. The maximum atomic E-state index is 10.8. The molecule has 0 bridgehead atoms. The molecular formula is C15H12N2O2S. The van der Waals surface area contributed by atoms with Crippen molar-refractivity contribution in [3.63, 3.8) is 0 Å². The second-order valence-electron chi connectivity index (χ2n) is 4.12. The average molecular weight is 284 g/mol. The molecule has 0 fully saturated rings. The highest BCUT2D eigenvalue weighted by molar-refractivity contribution is 7.17. The van der Waals surface area contributed by atoms with Gasteiger partial charge in [0, 0.05) is 0 Å². The lowest BCUT2D eigenvalue weighted by Crippen LogP contribution is -1.99. The van der Waals surface area contributed by atoms with Gasteiger partial charge in [0.2, 0.25) is 5.88 Å². The number of nitrogens with zero attached hydrogens (tertiary/aromatic N) is 2. The van der Waals surface area contributed by atoms with E-state index in [9.17, 15) is 4.79 Å². The number of para-hydroxylation sites is 2. The maximum Gasteiger partial charge on any atom is 0.242 e. The standard InChI is InChI=1S/C15H12N2O2S/c1-2-19-15-14(13-8-7-10(9-18)20-13)16-11-5-3-4-6-12(11)17-15/h3-9H,2H2,1H3. The number of carbonyl (C=O) groups excluding carboxylic acids is 1. The van der Waals surface area contributed by atoms with Gasteiger partial charge in [0.1, 0.15) is 5.69 Å². The zero-order valence-electron chi connectivity index (χ0n) is 10.9. The van der Waals surface area contributed by atoms with Crippen LogP contribution in [0.25, 0.3) is 21.6 Å². The van der Waals surface area contributed by atoms with Gasteiger partial charge in [-0.15, -0.1) is 11.3 Å². The summed E-state index contributed by atoms with van der Waals surface area (Å²) in [6, 6.07) is 11.3. The summed E-state index contributed by atoms with van der Waals surface area (Å²) >= 11 is 1.38. The molecule has 3 aromatic rings. The molecule has 0 amide bonds. The van der Waals surface area contributed by atoms with Crippen molar-refractivity contribution in [1.82, 2.24) is 9.97 Å². The van der Waals surface area contributed by atoms with E-state index in [2.05, 4.69) is 9.97 Å². The second kappa shape index (κ2) is 5.38. The Bertz CT molecular complexity index is 767. The monoisotopic (exact) mass is 284 g/mol. The number of benzene rings is 1. The molecule has 0 unspecified atom stereocenters. The van der Waals surface area contributed by atoms with Crippen molar-refractivity contribution in [3.05, 3.63) is 41.3 Å². The molecule has 20 heavy (non-hydrogen) atoms. The number of carbonyl (C=O) groups is 1. The molecule has 100 valence electrons. The van der Waals surface area contributed by atoms with Crippen LogP contribution in [-0.2, 0) is 0 Å². The number of ether oxygens (including phenoxy) is 1. The predicted molar refractivity (Wildman–Crippen MR) is 79.4 cm³/mol. The largest absolute Gasteiger partial charge is 0.476 e. The second-order valence-corrected chi connectivity index (χ2v) is 5.23. The number of fused-ring (bicyclic) bond motifs is 1. The summed E-state index contributed by atoms with van der Waals surface area (Å²) in [6.07, 6.45) is 0.836. The maximum absolute atomic E-state index is 10.8. The summed E-state index contributed by atoms with van der Waals surface area (Å²) in [6.45, 7) is 2.43. The van der Waals surface area contributed by atoms with Gasteiger partial charge in [0.05, 0.1) is 27.4 Å². The molecule has 0 aliphatic carbocycles. The van der Waals surface area contributed by atoms with Crippen molar-refractivity contribution in [3.8, 4) is 16.5 Å². The van der Waals surface area contributed by atoms with E-state index in [4.69, 9.17) is 4.74 Å². The Hall–Kier alpha value is -2.27. The van der Waals surface area contributed by atoms with Crippen LogP contribution in [0.3, 0.4) is 0 Å². The van der Waals surface area contributed by atoms with Gasteiger partial charge in [-0.2, -0.15) is 0 Å². The average Bonchev–Trinajstić information content (AvgIpc) is 2.95. The molecule has 2 heterocycles. The van der Waals surface area contributed by atoms with Gasteiger partial charge in [-0.25, -0.2) is 9.97 Å². The number of hydrogen-bond donors (Lipinski definition) is 0. The van der Waals surface area contributed by atoms with Gasteiger partial charge >= 0.3 is 0 Å². The van der Waals surface area contributed by atoms with Crippen LogP contribution in [0.5, 0.6) is 5.88 Å². The fourth-order valence-electron chi connectivity index (χ4n) is 1.93. The molecule has 0 aliphatic rings. The summed E-state index contributed by atoms with van der Waals surface area (Å²) in [5.41, 5.74) is 2.29. The smallest absolute Gasteiger partial charge is 0.242 e. The van der Waals surface area contributed by atoms with E-state index >= 15 is 0 Å². The number of thiophene rings is 1. The Labute approximate surface area is 120 Å². The van der Waals surface area contributed by atoms with Crippen LogP contribution in [0, 0.1) is 0 Å². The highest BCUT2D eigenvalue weighted by Gasteiger charge is 2.14. The molecule has 0 saturated heterocycles. The normalized spacial score (nSPS) is 10.7. The Morgan fingerprint density at radius 3 is 2.55 bits per heavy atom. The van der Waals surface area contributed by atoms with E-state index < -0.39 is 0 Å². The van der Waals surface area contributed by atoms with Crippen molar-refractivity contribution in [1.29, 1.82) is 0 Å². The topological polar surface area (TPSA) is 52.1 Å². The van der Waals surface area contributed by atoms with E-state index in [0.717, 1.165) is 22.2 Å². The first-order chi connectivity index (χ1) is 9.81. The third kappa shape index (κ3) is 2.28. The summed E-state index contributed by atoms with van der Waals surface area (Å²) in [5.74, 6) is 0.505. The lowest BCUT2D eigenvalue weighted by Gasteiger charge is -2.08. The Kier molecular flexibility index (Phi) is 3.43. The number of hydrogen-bond acceptors (Lipinski definition) is 5. The van der Waals surface area contributed by atoms with E-state index in [1.54, 1.807) is 6.07 Å². The number of rotatable bonds is 4. The van der Waals surface area contributed by atoms with Gasteiger partial charge in [0.15, 0.2) is 6.29 Å². The first kappa shape index (κ1) is 12.7. The van der Waals surface area contributed by atoms with Gasteiger partial charge in [-0.05, 0) is 31.2 Å². The van der Waals surface area contributed by atoms with E-state index in [1.165, 1.54) is 11.3 Å². The molecule has 2 aromatic heterocycles. The SMILES string of the molecule is CCOc1nc2ccccc2nc1-c1ccc(C=O)s1. The number of aldehydes is 1. The summed E-state index contributed by atoms with van der Waals surface area (Å²) in [7, 11) is 0. The summed E-state index contributed by atoms with van der Waals surface area (Å²) in [5, 5.41) is 0. The van der Waals surface area contributed by atoms with Crippen LogP contribution in [0.1, 0.15) is 16.6 Å². The van der Waals surface area contributed by atoms with Crippen molar-refractivity contribution in [2.45, 2.75) is 6.92 Å². The van der Waals surface area contributed by atoms with Gasteiger partial charge in [-0.1, -0.05) is 12.1 Å². The minimum Gasteiger partial charge on any atom is -0.476 e. The van der Waals surface area contributed by atoms with Crippen LogP contribution in [-0.4, -0.2) is 22.9 Å². The molecule has 0 spiro atoms. The van der Waals surface area contributed by atoms with E-state index in [-0.39, 0.29) is 0 Å². The van der Waals surface area contributed by atoms with Gasteiger partial charge in [-0.3, -0.25) is 4.79 Å². The third-order valence-corrected chi connectivity index (χ3v) is 3.81. The summed E-state index contributed by atoms with van der Waals surface area (Å²) < 4.78 is 5.59. The van der Waals surface area contributed by atoms with Crippen LogP contribution in [0.15, 0.2) is 36.4 Å². The molecular weight excluding hydrogens is 272 g/mol. The lowest BCUT2D eigenvalue weighted by molar-refractivity contribution is 0.112. The number of aromatic nitrogens is 2. The zero-order chi connectivity index (χ0) is 13.9. The fourth-order valence-corrected chi connectivity index (χ4v) is 2.73. The molecule has 4 nitrogen and oxygen atoms in total. The van der Waals surface area contributed by atoms with E-state index in [1.807, 2.05) is 37.3 Å². The summed E-state index contributed by atoms with van der Waals surface area (Å²) in [4.78, 5) is 21.5. The van der Waals surface area contributed by atoms with Crippen molar-refractivity contribution in [2.75, 3.05) is 6.61 Å². The Morgan fingerprint density at radius 1 is 1.15 bits per heavy atom. The van der Waals surface area contributed by atoms with Crippen LogP contribution >= 0.6 is 11.3 Å². The van der Waals surface area contributed by atoms with Gasteiger partial charge in [0.25, 0.3) is 0 Å². The third-order valence-electron chi connectivity index (χ3n) is 2.80. The van der Waals surface area contributed by atoms with Crippen LogP contribution in [0.2, 0.25) is 0 Å². The van der Waals surface area contributed by atoms with Crippen LogP contribution in [0.4, 0.5) is 0 Å². The molecule has 0 saturated carbocycles. The molecule has 0 N–H and O–H groups in total. The minimum atomic E-state index is 0.505. The molecule has 0 aliphatic heterocycles. The first-order valence-corrected chi connectivity index (χ1v) is 7.08. The molecule has 5 heteroatoms. The Balaban J connectivity index is 2.20. The van der Waals surface area contributed by atoms with Crippen molar-refractivity contribution < 1.29 is 9.53 Å².